The highest BCUT2D eigenvalue weighted by molar-refractivity contribution is 7.80. The van der Waals surface area contributed by atoms with Gasteiger partial charge in [0.05, 0.1) is 0 Å². The Labute approximate surface area is 52.1 Å². The van der Waals surface area contributed by atoms with E-state index in [0.717, 1.165) is 0 Å². The monoisotopic (exact) mass is 138 g/mol. The van der Waals surface area contributed by atoms with Crippen molar-refractivity contribution in [1.29, 1.82) is 0 Å². The highest BCUT2D eigenvalue weighted by atomic mass is 32.1. The standard InChI is InChI=1S/CH4N2S.BH3O3/c2*2-1(3)4/h(H4,2,3,4);2-4H. The molecule has 0 aromatic carbocycles. The van der Waals surface area contributed by atoms with Crippen LogP contribution in [-0.4, -0.2) is 27.5 Å². The Bertz CT molecular complexity index is 61.5. The van der Waals surface area contributed by atoms with Crippen LogP contribution in [0.25, 0.3) is 0 Å². The van der Waals surface area contributed by atoms with Gasteiger partial charge >= 0.3 is 7.32 Å². The quantitative estimate of drug-likeness (QED) is 0.182. The first-order valence-electron chi connectivity index (χ1n) is 1.56. The van der Waals surface area contributed by atoms with Crippen molar-refractivity contribution in [2.75, 3.05) is 0 Å². The number of nitrogens with two attached hydrogens (primary N) is 2. The van der Waals surface area contributed by atoms with E-state index in [0.29, 0.717) is 0 Å². The largest absolute Gasteiger partial charge is 0.631 e. The van der Waals surface area contributed by atoms with Gasteiger partial charge in [0, 0.05) is 0 Å². The second-order valence-corrected chi connectivity index (χ2v) is 1.22. The van der Waals surface area contributed by atoms with Gasteiger partial charge in [0.1, 0.15) is 0 Å². The molecular weight excluding hydrogens is 131 g/mol. The number of hydrogen-bond acceptors (Lipinski definition) is 4. The molecule has 0 heterocycles. The summed E-state index contributed by atoms with van der Waals surface area (Å²) in [5, 5.41) is 21.5. The maximum atomic E-state index is 7.17. The predicted octanol–water partition coefficient (Wildman–Crippen LogP) is -2.86. The van der Waals surface area contributed by atoms with Gasteiger partial charge in [-0.2, -0.15) is 0 Å². The molecule has 0 aliphatic rings. The molecular formula is CH7BN2O3S. The van der Waals surface area contributed by atoms with Crippen LogP contribution in [0, 0.1) is 0 Å². The van der Waals surface area contributed by atoms with Gasteiger partial charge in [0.2, 0.25) is 0 Å². The van der Waals surface area contributed by atoms with Gasteiger partial charge in [0.15, 0.2) is 5.11 Å². The molecule has 0 saturated carbocycles. The molecule has 0 unspecified atom stereocenters. The minimum absolute atomic E-state index is 0.000000000000000222. The van der Waals surface area contributed by atoms with Crippen LogP contribution in [0.5, 0.6) is 0 Å². The van der Waals surface area contributed by atoms with Crippen LogP contribution >= 0.6 is 12.2 Å². The molecule has 48 valence electrons. The summed E-state index contributed by atoms with van der Waals surface area (Å²) in [6.07, 6.45) is 0. The first-order valence-corrected chi connectivity index (χ1v) is 1.96. The topological polar surface area (TPSA) is 113 Å². The molecule has 0 aliphatic heterocycles. The van der Waals surface area contributed by atoms with Crippen LogP contribution in [0.1, 0.15) is 0 Å². The Hall–Kier alpha value is -0.365. The number of rotatable bonds is 0. The Balaban J connectivity index is 0. The van der Waals surface area contributed by atoms with Crippen molar-refractivity contribution in [2.45, 2.75) is 0 Å². The summed E-state index contributed by atoms with van der Waals surface area (Å²) in [4.78, 5) is 0. The molecule has 5 nitrogen and oxygen atoms in total. The second-order valence-electron chi connectivity index (χ2n) is 0.749. The van der Waals surface area contributed by atoms with Crippen molar-refractivity contribution >= 4 is 24.7 Å². The average molecular weight is 138 g/mol. The molecule has 0 aromatic heterocycles. The second kappa shape index (κ2) is 6.63. The summed E-state index contributed by atoms with van der Waals surface area (Å²) in [5.74, 6) is 0. The third-order valence-corrected chi connectivity index (χ3v) is 0. The molecule has 0 aromatic rings. The van der Waals surface area contributed by atoms with E-state index < -0.39 is 7.32 Å². The van der Waals surface area contributed by atoms with E-state index in [1.54, 1.807) is 0 Å². The summed E-state index contributed by atoms with van der Waals surface area (Å²) in [7, 11) is -2.17. The predicted molar refractivity (Wildman–Crippen MR) is 33.4 cm³/mol. The normalized spacial score (nSPS) is 6.38. The van der Waals surface area contributed by atoms with Gasteiger partial charge in [-0.15, -0.1) is 0 Å². The lowest BCUT2D eigenvalue weighted by molar-refractivity contribution is 0.278. The van der Waals surface area contributed by atoms with E-state index in [1.165, 1.54) is 0 Å². The molecule has 7 heteroatoms. The maximum absolute atomic E-state index is 7.17. The van der Waals surface area contributed by atoms with Gasteiger partial charge in [-0.3, -0.25) is 0 Å². The van der Waals surface area contributed by atoms with Crippen molar-refractivity contribution in [1.82, 2.24) is 0 Å². The average Bonchev–Trinajstić information content (AvgIpc) is 1.25. The third kappa shape index (κ3) is 908. The maximum Gasteiger partial charge on any atom is 0.631 e. The Morgan fingerprint density at radius 2 is 1.25 bits per heavy atom. The zero-order chi connectivity index (χ0) is 7.15. The van der Waals surface area contributed by atoms with Crippen molar-refractivity contribution < 1.29 is 15.1 Å². The molecule has 0 amide bonds. The molecule has 8 heavy (non-hydrogen) atoms. The highest BCUT2D eigenvalue weighted by Gasteiger charge is 1.92. The van der Waals surface area contributed by atoms with E-state index in [1.807, 2.05) is 0 Å². The molecule has 0 rings (SSSR count). The van der Waals surface area contributed by atoms with E-state index in [2.05, 4.69) is 23.7 Å². The molecule has 0 spiro atoms. The summed E-state index contributed by atoms with van der Waals surface area (Å²) in [6.45, 7) is 0. The summed E-state index contributed by atoms with van der Waals surface area (Å²) < 4.78 is 0. The molecule has 0 radical (unpaired) electrons. The van der Waals surface area contributed by atoms with Crippen LogP contribution in [0.3, 0.4) is 0 Å². The first-order chi connectivity index (χ1) is 3.46. The van der Waals surface area contributed by atoms with Crippen LogP contribution in [0.4, 0.5) is 0 Å². The zero-order valence-electron chi connectivity index (χ0n) is 3.98. The van der Waals surface area contributed by atoms with Crippen molar-refractivity contribution in [3.63, 3.8) is 0 Å². The number of hydrogen-bond donors (Lipinski definition) is 5. The molecule has 0 saturated heterocycles. The summed E-state index contributed by atoms with van der Waals surface area (Å²) >= 11 is 4.09. The van der Waals surface area contributed by atoms with Crippen molar-refractivity contribution in [3.05, 3.63) is 0 Å². The lowest BCUT2D eigenvalue weighted by Gasteiger charge is -1.69. The van der Waals surface area contributed by atoms with Gasteiger partial charge in [-0.1, -0.05) is 0 Å². The van der Waals surface area contributed by atoms with E-state index in [-0.39, 0.29) is 5.11 Å². The SMILES string of the molecule is NC(N)=S.OB(O)O. The first kappa shape index (κ1) is 10.6. The lowest BCUT2D eigenvalue weighted by atomic mass is 10.3. The molecule has 7 N–H and O–H groups in total. The fourth-order valence-corrected chi connectivity index (χ4v) is 0. The van der Waals surface area contributed by atoms with Crippen LogP contribution in [-0.2, 0) is 0 Å². The summed E-state index contributed by atoms with van der Waals surface area (Å²) in [6, 6.07) is 0. The molecule has 0 bridgehead atoms. The lowest BCUT2D eigenvalue weighted by Crippen LogP contribution is -2.18. The van der Waals surface area contributed by atoms with Crippen LogP contribution in [0.2, 0.25) is 0 Å². The van der Waals surface area contributed by atoms with Gasteiger partial charge < -0.3 is 26.5 Å². The van der Waals surface area contributed by atoms with E-state index in [4.69, 9.17) is 15.1 Å². The molecule has 0 fully saturated rings. The minimum Gasteiger partial charge on any atom is -0.402 e. The fraction of sp³-hybridized carbons (Fsp3) is 0. The van der Waals surface area contributed by atoms with E-state index >= 15 is 0 Å². The Morgan fingerprint density at radius 1 is 1.25 bits per heavy atom. The minimum atomic E-state index is -2.17. The van der Waals surface area contributed by atoms with Crippen molar-refractivity contribution in [3.8, 4) is 0 Å². The Kier molecular flexibility index (Phi) is 8.78. The van der Waals surface area contributed by atoms with Gasteiger partial charge in [-0.25, -0.2) is 0 Å². The van der Waals surface area contributed by atoms with Gasteiger partial charge in [-0.05, 0) is 12.2 Å². The zero-order valence-corrected chi connectivity index (χ0v) is 4.80. The highest BCUT2D eigenvalue weighted by Crippen LogP contribution is 1.40. The fourth-order valence-electron chi connectivity index (χ4n) is 0. The van der Waals surface area contributed by atoms with Crippen LogP contribution in [0.15, 0.2) is 0 Å². The number of thiocarbonyl (C=S) groups is 1. The Morgan fingerprint density at radius 3 is 1.25 bits per heavy atom. The van der Waals surface area contributed by atoms with Gasteiger partial charge in [0.25, 0.3) is 0 Å². The summed E-state index contributed by atoms with van der Waals surface area (Å²) in [5.41, 5.74) is 9.24. The van der Waals surface area contributed by atoms with Crippen molar-refractivity contribution in [2.24, 2.45) is 11.5 Å². The molecule has 0 atom stereocenters. The smallest absolute Gasteiger partial charge is 0.402 e. The third-order valence-electron chi connectivity index (χ3n) is 0. The van der Waals surface area contributed by atoms with Crippen LogP contribution < -0.4 is 11.5 Å². The van der Waals surface area contributed by atoms with E-state index in [9.17, 15) is 0 Å². The molecule has 0 aliphatic carbocycles.